The van der Waals surface area contributed by atoms with Crippen LogP contribution >= 0.6 is 0 Å². The number of hydrogen-bond donors (Lipinski definition) is 0. The third-order valence-corrected chi connectivity index (χ3v) is 5.06. The number of piperazine rings is 1. The van der Waals surface area contributed by atoms with Gasteiger partial charge in [0.15, 0.2) is 0 Å². The van der Waals surface area contributed by atoms with Gasteiger partial charge in [0.25, 0.3) is 0 Å². The van der Waals surface area contributed by atoms with Crippen LogP contribution in [0.25, 0.3) is 0 Å². The largest absolute Gasteiger partial charge is 0.383 e. The molecular formula is C13H27N3O4S. The van der Waals surface area contributed by atoms with Crippen LogP contribution in [-0.2, 0) is 19.6 Å². The van der Waals surface area contributed by atoms with E-state index < -0.39 is 10.0 Å². The molecule has 124 valence electrons. The Morgan fingerprint density at radius 2 is 1.81 bits per heavy atom. The molecule has 1 saturated heterocycles. The molecule has 1 rings (SSSR count). The second-order valence-electron chi connectivity index (χ2n) is 5.22. The van der Waals surface area contributed by atoms with Crippen LogP contribution in [0.1, 0.15) is 13.3 Å². The van der Waals surface area contributed by atoms with Gasteiger partial charge in [-0.3, -0.25) is 4.79 Å². The second kappa shape index (κ2) is 8.67. The summed E-state index contributed by atoms with van der Waals surface area (Å²) in [6.07, 6.45) is 1.38. The third kappa shape index (κ3) is 6.29. The minimum atomic E-state index is -3.30. The van der Waals surface area contributed by atoms with Crippen molar-refractivity contribution in [3.05, 3.63) is 0 Å². The molecule has 0 aromatic heterocycles. The van der Waals surface area contributed by atoms with Crippen LogP contribution in [0, 0.1) is 0 Å². The lowest BCUT2D eigenvalue weighted by Crippen LogP contribution is -2.49. The Morgan fingerprint density at radius 1 is 1.19 bits per heavy atom. The van der Waals surface area contributed by atoms with Gasteiger partial charge < -0.3 is 14.5 Å². The molecule has 1 fully saturated rings. The van der Waals surface area contributed by atoms with Gasteiger partial charge in [0.05, 0.1) is 12.9 Å². The van der Waals surface area contributed by atoms with E-state index in [1.807, 2.05) is 4.90 Å². The zero-order valence-electron chi connectivity index (χ0n) is 13.2. The van der Waals surface area contributed by atoms with Crippen molar-refractivity contribution < 1.29 is 17.9 Å². The summed E-state index contributed by atoms with van der Waals surface area (Å²) in [5.41, 5.74) is 0. The monoisotopic (exact) mass is 321 g/mol. The van der Waals surface area contributed by atoms with E-state index in [1.165, 1.54) is 11.4 Å². The molecule has 0 N–H and O–H groups in total. The normalized spacial score (nSPS) is 17.4. The van der Waals surface area contributed by atoms with Crippen LogP contribution in [0.5, 0.6) is 0 Å². The highest BCUT2D eigenvalue weighted by molar-refractivity contribution is 7.88. The van der Waals surface area contributed by atoms with E-state index in [0.29, 0.717) is 6.61 Å². The summed E-state index contributed by atoms with van der Waals surface area (Å²) in [5.74, 6) is 0.0248. The van der Waals surface area contributed by atoms with Gasteiger partial charge in [-0.1, -0.05) is 6.92 Å². The molecule has 21 heavy (non-hydrogen) atoms. The van der Waals surface area contributed by atoms with Crippen molar-refractivity contribution in [3.63, 3.8) is 0 Å². The number of sulfonamides is 1. The molecule has 7 nitrogen and oxygen atoms in total. The highest BCUT2D eigenvalue weighted by atomic mass is 32.2. The maximum absolute atomic E-state index is 12.2. The fourth-order valence-corrected chi connectivity index (χ4v) is 3.16. The Morgan fingerprint density at radius 3 is 2.29 bits per heavy atom. The molecule has 0 spiro atoms. The van der Waals surface area contributed by atoms with Crippen LogP contribution in [0.2, 0.25) is 0 Å². The van der Waals surface area contributed by atoms with E-state index in [0.717, 1.165) is 39.0 Å². The van der Waals surface area contributed by atoms with Gasteiger partial charge in [-0.05, 0) is 6.54 Å². The van der Waals surface area contributed by atoms with E-state index >= 15 is 0 Å². The Labute approximate surface area is 127 Å². The zero-order valence-corrected chi connectivity index (χ0v) is 14.1. The molecule has 0 unspecified atom stereocenters. The van der Waals surface area contributed by atoms with Crippen LogP contribution < -0.4 is 0 Å². The molecule has 0 atom stereocenters. The van der Waals surface area contributed by atoms with Gasteiger partial charge in [-0.15, -0.1) is 0 Å². The van der Waals surface area contributed by atoms with Crippen molar-refractivity contribution in [2.75, 3.05) is 65.8 Å². The van der Waals surface area contributed by atoms with Crippen molar-refractivity contribution in [2.24, 2.45) is 0 Å². The average molecular weight is 321 g/mol. The Hall–Kier alpha value is -0.700. The van der Waals surface area contributed by atoms with Gasteiger partial charge in [0.2, 0.25) is 15.9 Å². The molecular weight excluding hydrogens is 294 g/mol. The minimum absolute atomic E-state index is 0.0248. The summed E-state index contributed by atoms with van der Waals surface area (Å²) in [5, 5.41) is 0. The standard InChI is InChI=1S/C13H27N3O4S/c1-4-14-7-9-15(10-8-14)13(17)5-6-16(11-12-20-2)21(3,18)19/h4-12H2,1-3H3. The van der Waals surface area contributed by atoms with E-state index in [2.05, 4.69) is 11.8 Å². The number of ether oxygens (including phenoxy) is 1. The summed E-state index contributed by atoms with van der Waals surface area (Å²) in [7, 11) is -1.78. The smallest absolute Gasteiger partial charge is 0.223 e. The maximum Gasteiger partial charge on any atom is 0.223 e. The first-order valence-electron chi connectivity index (χ1n) is 7.32. The molecule has 0 aliphatic carbocycles. The van der Waals surface area contributed by atoms with Crippen LogP contribution in [0.15, 0.2) is 0 Å². The van der Waals surface area contributed by atoms with Crippen molar-refractivity contribution in [3.8, 4) is 0 Å². The first-order chi connectivity index (χ1) is 9.88. The molecule has 0 aromatic rings. The summed E-state index contributed by atoms with van der Waals surface area (Å²) >= 11 is 0. The Balaban J connectivity index is 2.43. The molecule has 8 heteroatoms. The number of carbonyl (C=O) groups excluding carboxylic acids is 1. The third-order valence-electron chi connectivity index (χ3n) is 3.76. The molecule has 1 aliphatic heterocycles. The predicted molar refractivity (Wildman–Crippen MR) is 81.6 cm³/mol. The highest BCUT2D eigenvalue weighted by Gasteiger charge is 2.22. The number of rotatable bonds is 8. The SMILES string of the molecule is CCN1CCN(C(=O)CCN(CCOC)S(C)(=O)=O)CC1. The van der Waals surface area contributed by atoms with Crippen molar-refractivity contribution in [2.45, 2.75) is 13.3 Å². The van der Waals surface area contributed by atoms with Gasteiger partial charge in [-0.25, -0.2) is 8.42 Å². The van der Waals surface area contributed by atoms with Crippen LogP contribution in [0.3, 0.4) is 0 Å². The molecule has 1 heterocycles. The number of likely N-dealkylation sites (N-methyl/N-ethyl adjacent to an activating group) is 1. The first kappa shape index (κ1) is 18.3. The lowest BCUT2D eigenvalue weighted by molar-refractivity contribution is -0.133. The topological polar surface area (TPSA) is 70.2 Å². The number of methoxy groups -OCH3 is 1. The fourth-order valence-electron chi connectivity index (χ4n) is 2.33. The summed E-state index contributed by atoms with van der Waals surface area (Å²) < 4.78 is 29.5. The lowest BCUT2D eigenvalue weighted by Gasteiger charge is -2.34. The Kier molecular flexibility index (Phi) is 7.58. The van der Waals surface area contributed by atoms with Gasteiger partial charge in [0, 0.05) is 52.8 Å². The van der Waals surface area contributed by atoms with E-state index in [1.54, 1.807) is 0 Å². The van der Waals surface area contributed by atoms with Crippen molar-refractivity contribution >= 4 is 15.9 Å². The summed E-state index contributed by atoms with van der Waals surface area (Å²) in [4.78, 5) is 16.3. The fraction of sp³-hybridized carbons (Fsp3) is 0.923. The van der Waals surface area contributed by atoms with Crippen molar-refractivity contribution in [1.82, 2.24) is 14.1 Å². The lowest BCUT2D eigenvalue weighted by atomic mass is 10.2. The average Bonchev–Trinajstić information content (AvgIpc) is 2.45. The summed E-state index contributed by atoms with van der Waals surface area (Å²) in [6, 6.07) is 0. The van der Waals surface area contributed by atoms with Gasteiger partial charge in [0.1, 0.15) is 0 Å². The second-order valence-corrected chi connectivity index (χ2v) is 7.20. The highest BCUT2D eigenvalue weighted by Crippen LogP contribution is 2.06. The first-order valence-corrected chi connectivity index (χ1v) is 9.17. The van der Waals surface area contributed by atoms with E-state index in [-0.39, 0.29) is 25.4 Å². The quantitative estimate of drug-likeness (QED) is 0.600. The molecule has 1 amide bonds. The van der Waals surface area contributed by atoms with E-state index in [4.69, 9.17) is 4.74 Å². The van der Waals surface area contributed by atoms with Crippen molar-refractivity contribution in [1.29, 1.82) is 0 Å². The zero-order chi connectivity index (χ0) is 15.9. The molecule has 0 bridgehead atoms. The van der Waals surface area contributed by atoms with Crippen LogP contribution in [0.4, 0.5) is 0 Å². The number of hydrogen-bond acceptors (Lipinski definition) is 5. The molecule has 0 radical (unpaired) electrons. The van der Waals surface area contributed by atoms with Crippen LogP contribution in [-0.4, -0.2) is 94.2 Å². The maximum atomic E-state index is 12.2. The van der Waals surface area contributed by atoms with Gasteiger partial charge in [-0.2, -0.15) is 4.31 Å². The van der Waals surface area contributed by atoms with E-state index in [9.17, 15) is 13.2 Å². The number of carbonyl (C=O) groups is 1. The number of nitrogens with zero attached hydrogens (tertiary/aromatic N) is 3. The Bertz CT molecular complexity index is 419. The molecule has 0 saturated carbocycles. The predicted octanol–water partition coefficient (Wildman–Crippen LogP) is -0.551. The minimum Gasteiger partial charge on any atom is -0.383 e. The molecule has 0 aromatic carbocycles. The molecule has 1 aliphatic rings. The summed E-state index contributed by atoms with van der Waals surface area (Å²) in [6.45, 7) is 7.17. The van der Waals surface area contributed by atoms with Gasteiger partial charge >= 0.3 is 0 Å². The number of amides is 1.